The van der Waals surface area contributed by atoms with Gasteiger partial charge in [-0.2, -0.15) is 0 Å². The van der Waals surface area contributed by atoms with Gasteiger partial charge in [0.1, 0.15) is 5.75 Å². The summed E-state index contributed by atoms with van der Waals surface area (Å²) in [6.07, 6.45) is 1.56. The average molecular weight is 388 g/mol. The molecule has 0 radical (unpaired) electrons. The molecular weight excluding hydrogens is 370 g/mol. The molecule has 140 valence electrons. The quantitative estimate of drug-likeness (QED) is 0.588. The van der Waals surface area contributed by atoms with E-state index in [0.717, 1.165) is 0 Å². The van der Waals surface area contributed by atoms with Crippen LogP contribution in [-0.4, -0.2) is 35.7 Å². The van der Waals surface area contributed by atoms with Crippen molar-refractivity contribution in [2.45, 2.75) is 19.4 Å². The smallest absolute Gasteiger partial charge is 0.270 e. The number of benzene rings is 2. The monoisotopic (exact) mass is 387 g/mol. The summed E-state index contributed by atoms with van der Waals surface area (Å²) in [6, 6.07) is 11.1. The first-order valence-electron chi connectivity index (χ1n) is 8.33. The second kappa shape index (κ2) is 7.36. The van der Waals surface area contributed by atoms with Gasteiger partial charge in [0.2, 0.25) is 0 Å². The van der Waals surface area contributed by atoms with Crippen LogP contribution in [0.25, 0.3) is 0 Å². The second-order valence-corrected chi connectivity index (χ2v) is 7.00. The van der Waals surface area contributed by atoms with E-state index in [1.807, 2.05) is 0 Å². The van der Waals surface area contributed by atoms with E-state index in [0.29, 0.717) is 35.1 Å². The number of fused-ring (bicyclic) bond motifs is 1. The largest absolute Gasteiger partial charge is 0.478 e. The lowest BCUT2D eigenvalue weighted by atomic mass is 10.1. The Morgan fingerprint density at radius 1 is 1.26 bits per heavy atom. The van der Waals surface area contributed by atoms with Crippen molar-refractivity contribution < 1.29 is 14.5 Å². The fraction of sp³-hybridized carbons (Fsp3) is 0.263. The SMILES string of the molecule is CC(C)(Oc1ccc(Cl)cc1)C(=O)N1CCN=Cc2cc([N+](=O)[O-])ccc21. The third-order valence-corrected chi connectivity index (χ3v) is 4.39. The van der Waals surface area contributed by atoms with Crippen molar-refractivity contribution in [3.63, 3.8) is 0 Å². The van der Waals surface area contributed by atoms with E-state index in [9.17, 15) is 14.9 Å². The van der Waals surface area contributed by atoms with Crippen molar-refractivity contribution in [2.24, 2.45) is 4.99 Å². The van der Waals surface area contributed by atoms with Crippen molar-refractivity contribution in [3.8, 4) is 5.75 Å². The molecule has 1 amide bonds. The number of carbonyl (C=O) groups is 1. The molecule has 7 nitrogen and oxygen atoms in total. The van der Waals surface area contributed by atoms with Crippen LogP contribution in [0.3, 0.4) is 0 Å². The van der Waals surface area contributed by atoms with E-state index in [1.54, 1.807) is 55.3 Å². The number of aliphatic imine (C=N–C) groups is 1. The minimum Gasteiger partial charge on any atom is -0.478 e. The molecule has 0 aliphatic carbocycles. The van der Waals surface area contributed by atoms with Crippen LogP contribution in [0.15, 0.2) is 47.5 Å². The third kappa shape index (κ3) is 4.09. The summed E-state index contributed by atoms with van der Waals surface area (Å²) >= 11 is 5.88. The molecule has 0 saturated carbocycles. The Labute approximate surface area is 161 Å². The summed E-state index contributed by atoms with van der Waals surface area (Å²) in [6.45, 7) is 4.11. The standard InChI is InChI=1S/C19H18ClN3O4/c1-19(2,27-16-6-3-14(20)4-7-16)18(24)22-10-9-21-12-13-11-15(23(25)26)5-8-17(13)22/h3-8,11-12H,9-10H2,1-2H3. The Morgan fingerprint density at radius 3 is 2.63 bits per heavy atom. The Bertz CT molecular complexity index is 910. The fourth-order valence-corrected chi connectivity index (χ4v) is 2.95. The number of nitro benzene ring substituents is 1. The van der Waals surface area contributed by atoms with Crippen LogP contribution >= 0.6 is 11.6 Å². The highest BCUT2D eigenvalue weighted by Crippen LogP contribution is 2.29. The number of nitrogens with zero attached hydrogens (tertiary/aromatic N) is 3. The summed E-state index contributed by atoms with van der Waals surface area (Å²) in [5, 5.41) is 11.6. The van der Waals surface area contributed by atoms with Gasteiger partial charge in [0.25, 0.3) is 11.6 Å². The number of carbonyl (C=O) groups excluding carboxylic acids is 1. The number of anilines is 1. The Hall–Kier alpha value is -2.93. The Morgan fingerprint density at radius 2 is 1.96 bits per heavy atom. The lowest BCUT2D eigenvalue weighted by Gasteiger charge is -2.32. The first-order chi connectivity index (χ1) is 12.8. The Kier molecular flexibility index (Phi) is 5.14. The van der Waals surface area contributed by atoms with Gasteiger partial charge >= 0.3 is 0 Å². The van der Waals surface area contributed by atoms with Crippen LogP contribution < -0.4 is 9.64 Å². The van der Waals surface area contributed by atoms with E-state index in [4.69, 9.17) is 16.3 Å². The van der Waals surface area contributed by atoms with Crippen LogP contribution in [0.1, 0.15) is 19.4 Å². The van der Waals surface area contributed by atoms with Crippen LogP contribution in [0.5, 0.6) is 5.75 Å². The number of hydrogen-bond acceptors (Lipinski definition) is 5. The van der Waals surface area contributed by atoms with Crippen LogP contribution in [0.4, 0.5) is 11.4 Å². The van der Waals surface area contributed by atoms with Crippen molar-refractivity contribution in [2.75, 3.05) is 18.0 Å². The maximum Gasteiger partial charge on any atom is 0.270 e. The molecule has 2 aromatic carbocycles. The predicted octanol–water partition coefficient (Wildman–Crippen LogP) is 3.87. The van der Waals surface area contributed by atoms with Crippen molar-refractivity contribution in [1.29, 1.82) is 0 Å². The molecule has 0 spiro atoms. The van der Waals surface area contributed by atoms with Gasteiger partial charge in [-0.3, -0.25) is 19.9 Å². The highest BCUT2D eigenvalue weighted by Gasteiger charge is 2.36. The van der Waals surface area contributed by atoms with Gasteiger partial charge in [0.15, 0.2) is 5.60 Å². The number of halogens is 1. The first kappa shape index (κ1) is 18.8. The number of ether oxygens (including phenoxy) is 1. The topological polar surface area (TPSA) is 85.0 Å². The average Bonchev–Trinajstić information content (AvgIpc) is 2.84. The number of rotatable bonds is 4. The summed E-state index contributed by atoms with van der Waals surface area (Å²) in [7, 11) is 0. The number of amides is 1. The first-order valence-corrected chi connectivity index (χ1v) is 8.70. The summed E-state index contributed by atoms with van der Waals surface area (Å²) < 4.78 is 5.89. The van der Waals surface area contributed by atoms with E-state index >= 15 is 0 Å². The van der Waals surface area contributed by atoms with Gasteiger partial charge in [-0.05, 0) is 44.2 Å². The van der Waals surface area contributed by atoms with Crippen molar-refractivity contribution >= 4 is 35.1 Å². The molecule has 0 N–H and O–H groups in total. The van der Waals surface area contributed by atoms with Gasteiger partial charge in [-0.15, -0.1) is 0 Å². The minimum atomic E-state index is -1.16. The maximum absolute atomic E-state index is 13.2. The van der Waals surface area contributed by atoms with E-state index in [1.165, 1.54) is 12.1 Å². The van der Waals surface area contributed by atoms with Crippen LogP contribution in [-0.2, 0) is 4.79 Å². The Balaban J connectivity index is 1.90. The fourth-order valence-electron chi connectivity index (χ4n) is 2.82. The molecule has 0 aromatic heterocycles. The molecule has 1 aliphatic rings. The zero-order valence-corrected chi connectivity index (χ0v) is 15.6. The number of nitro groups is 1. The summed E-state index contributed by atoms with van der Waals surface area (Å²) in [5.41, 5.74) is -0.111. The lowest BCUT2D eigenvalue weighted by molar-refractivity contribution is -0.384. The predicted molar refractivity (Wildman–Crippen MR) is 104 cm³/mol. The molecule has 0 bridgehead atoms. The van der Waals surface area contributed by atoms with Gasteiger partial charge < -0.3 is 9.64 Å². The van der Waals surface area contributed by atoms with Crippen molar-refractivity contribution in [3.05, 3.63) is 63.2 Å². The zero-order chi connectivity index (χ0) is 19.6. The molecule has 0 atom stereocenters. The molecule has 27 heavy (non-hydrogen) atoms. The molecule has 1 heterocycles. The van der Waals surface area contributed by atoms with E-state index in [-0.39, 0.29) is 11.6 Å². The molecule has 0 saturated heterocycles. The van der Waals surface area contributed by atoms with Crippen molar-refractivity contribution in [1.82, 2.24) is 0 Å². The highest BCUT2D eigenvalue weighted by atomic mass is 35.5. The van der Waals surface area contributed by atoms with E-state index in [2.05, 4.69) is 4.99 Å². The van der Waals surface area contributed by atoms with Crippen LogP contribution in [0.2, 0.25) is 5.02 Å². The third-order valence-electron chi connectivity index (χ3n) is 4.14. The zero-order valence-electron chi connectivity index (χ0n) is 14.9. The maximum atomic E-state index is 13.2. The number of hydrogen-bond donors (Lipinski definition) is 0. The molecule has 2 aromatic rings. The van der Waals surface area contributed by atoms with Gasteiger partial charge in [-0.1, -0.05) is 11.6 Å². The highest BCUT2D eigenvalue weighted by molar-refractivity contribution is 6.30. The molecule has 1 aliphatic heterocycles. The number of benzodiazepines with no additional fused rings is 1. The van der Waals surface area contributed by atoms with Gasteiger partial charge in [-0.25, -0.2) is 0 Å². The van der Waals surface area contributed by atoms with Gasteiger partial charge in [0.05, 0.1) is 17.2 Å². The summed E-state index contributed by atoms with van der Waals surface area (Å²) in [5.74, 6) is 0.255. The normalized spacial score (nSPS) is 13.7. The van der Waals surface area contributed by atoms with Crippen LogP contribution in [0, 0.1) is 10.1 Å². The van der Waals surface area contributed by atoms with Gasteiger partial charge in [0, 0.05) is 35.5 Å². The molecule has 3 rings (SSSR count). The molecule has 0 fully saturated rings. The van der Waals surface area contributed by atoms with E-state index < -0.39 is 10.5 Å². The lowest BCUT2D eigenvalue weighted by Crippen LogP contribution is -2.50. The number of non-ortho nitro benzene ring substituents is 1. The molecule has 8 heteroatoms. The molecular formula is C19H18ClN3O4. The second-order valence-electron chi connectivity index (χ2n) is 6.56. The molecule has 0 unspecified atom stereocenters. The summed E-state index contributed by atoms with van der Waals surface area (Å²) in [4.78, 5) is 29.5. The minimum absolute atomic E-state index is 0.0498.